The summed E-state index contributed by atoms with van der Waals surface area (Å²) in [6.45, 7) is 2.91. The van der Waals surface area contributed by atoms with Gasteiger partial charge in [-0.2, -0.15) is 11.8 Å². The highest BCUT2D eigenvalue weighted by Gasteiger charge is 2.36. The minimum absolute atomic E-state index is 0.0711. The van der Waals surface area contributed by atoms with Gasteiger partial charge in [0.1, 0.15) is 0 Å². The van der Waals surface area contributed by atoms with E-state index in [-0.39, 0.29) is 18.4 Å². The van der Waals surface area contributed by atoms with Crippen LogP contribution in [0.2, 0.25) is 0 Å². The van der Waals surface area contributed by atoms with Gasteiger partial charge in [-0.25, -0.2) is 0 Å². The molecular weight excluding hydrogens is 444 g/mol. The third-order valence-corrected chi connectivity index (χ3v) is 6.44. The normalized spacial score (nSPS) is 11.1. The lowest BCUT2D eigenvalue weighted by Gasteiger charge is -2.37. The highest BCUT2D eigenvalue weighted by Crippen LogP contribution is 2.36. The van der Waals surface area contributed by atoms with Crippen LogP contribution in [0.15, 0.2) is 91.0 Å². The number of thioether (sulfide) groups is 1. The number of hydrogen-bond donors (Lipinski definition) is 2. The summed E-state index contributed by atoms with van der Waals surface area (Å²) in [4.78, 5) is 24.2. The van der Waals surface area contributed by atoms with Crippen molar-refractivity contribution in [2.45, 2.75) is 18.9 Å². The number of rotatable bonds is 13. The lowest BCUT2D eigenvalue weighted by molar-refractivity contribution is -0.142. The standard InChI is InChI=1S/C28H32N2O3S/c1-2-33-27(32)18-20-34-21-19-29-26(31)22-30-28(23-12-6-3-7-13-23,24-14-8-4-9-15-24)25-16-10-5-11-17-25/h3-17,30H,2,18-22H2,1H3,(H,29,31). The summed E-state index contributed by atoms with van der Waals surface area (Å²) in [7, 11) is 0. The molecule has 2 N–H and O–H groups in total. The average molecular weight is 477 g/mol. The van der Waals surface area contributed by atoms with E-state index in [0.717, 1.165) is 22.4 Å². The second kappa shape index (κ2) is 13.6. The Morgan fingerprint density at radius 3 is 1.76 bits per heavy atom. The van der Waals surface area contributed by atoms with Gasteiger partial charge >= 0.3 is 5.97 Å². The highest BCUT2D eigenvalue weighted by molar-refractivity contribution is 7.99. The van der Waals surface area contributed by atoms with Crippen LogP contribution in [-0.2, 0) is 19.9 Å². The van der Waals surface area contributed by atoms with E-state index in [2.05, 4.69) is 47.0 Å². The largest absolute Gasteiger partial charge is 0.466 e. The summed E-state index contributed by atoms with van der Waals surface area (Å²) >= 11 is 1.63. The van der Waals surface area contributed by atoms with E-state index in [1.807, 2.05) is 54.6 Å². The molecule has 0 atom stereocenters. The van der Waals surface area contributed by atoms with Crippen molar-refractivity contribution in [1.82, 2.24) is 10.6 Å². The molecule has 0 saturated carbocycles. The van der Waals surface area contributed by atoms with E-state index in [1.165, 1.54) is 0 Å². The Hall–Kier alpha value is -3.09. The fourth-order valence-corrected chi connectivity index (χ4v) is 4.66. The molecule has 0 aromatic heterocycles. The summed E-state index contributed by atoms with van der Waals surface area (Å²) in [6.07, 6.45) is 0.391. The number of nitrogens with one attached hydrogen (secondary N) is 2. The van der Waals surface area contributed by atoms with Gasteiger partial charge in [0.05, 0.1) is 25.1 Å². The second-order valence-corrected chi connectivity index (χ2v) is 8.94. The van der Waals surface area contributed by atoms with E-state index in [1.54, 1.807) is 18.7 Å². The molecule has 1 amide bonds. The Kier molecular flexibility index (Phi) is 10.2. The molecule has 3 aromatic rings. The smallest absolute Gasteiger partial charge is 0.306 e. The van der Waals surface area contributed by atoms with Gasteiger partial charge in [-0.1, -0.05) is 91.0 Å². The van der Waals surface area contributed by atoms with Crippen LogP contribution in [0.5, 0.6) is 0 Å². The highest BCUT2D eigenvalue weighted by atomic mass is 32.2. The third-order valence-electron chi connectivity index (χ3n) is 5.46. The summed E-state index contributed by atoms with van der Waals surface area (Å²) in [5.74, 6) is 1.18. The van der Waals surface area contributed by atoms with Crippen LogP contribution in [-0.4, -0.2) is 43.1 Å². The molecule has 5 nitrogen and oxygen atoms in total. The van der Waals surface area contributed by atoms with Crippen molar-refractivity contribution in [3.8, 4) is 0 Å². The number of hydrogen-bond acceptors (Lipinski definition) is 5. The van der Waals surface area contributed by atoms with Crippen molar-refractivity contribution in [2.75, 3.05) is 31.2 Å². The molecule has 0 heterocycles. The van der Waals surface area contributed by atoms with Gasteiger partial charge in [0.25, 0.3) is 0 Å². The van der Waals surface area contributed by atoms with Crippen LogP contribution in [0.3, 0.4) is 0 Å². The molecule has 6 heteroatoms. The number of carbonyl (C=O) groups is 2. The molecule has 0 aliphatic carbocycles. The van der Waals surface area contributed by atoms with Gasteiger partial charge in [0.2, 0.25) is 5.91 Å². The first-order valence-corrected chi connectivity index (χ1v) is 12.7. The zero-order chi connectivity index (χ0) is 24.1. The van der Waals surface area contributed by atoms with Crippen molar-refractivity contribution in [2.24, 2.45) is 0 Å². The van der Waals surface area contributed by atoms with E-state index >= 15 is 0 Å². The van der Waals surface area contributed by atoms with E-state index in [4.69, 9.17) is 4.74 Å². The number of amides is 1. The van der Waals surface area contributed by atoms with Crippen LogP contribution in [0.1, 0.15) is 30.0 Å². The first-order chi connectivity index (χ1) is 16.7. The van der Waals surface area contributed by atoms with Crippen molar-refractivity contribution >= 4 is 23.6 Å². The monoisotopic (exact) mass is 476 g/mol. The van der Waals surface area contributed by atoms with Crippen molar-refractivity contribution in [1.29, 1.82) is 0 Å². The molecule has 0 aliphatic heterocycles. The fraction of sp³-hybridized carbons (Fsp3) is 0.286. The maximum atomic E-state index is 12.8. The average Bonchev–Trinajstić information content (AvgIpc) is 2.88. The summed E-state index contributed by atoms with van der Waals surface area (Å²) in [6, 6.07) is 30.6. The number of esters is 1. The molecule has 0 spiro atoms. The van der Waals surface area contributed by atoms with Gasteiger partial charge in [-0.3, -0.25) is 14.9 Å². The van der Waals surface area contributed by atoms with Crippen molar-refractivity contribution in [3.05, 3.63) is 108 Å². The van der Waals surface area contributed by atoms with Gasteiger partial charge in [0.15, 0.2) is 0 Å². The molecule has 0 unspecified atom stereocenters. The third kappa shape index (κ3) is 6.95. The molecule has 0 bridgehead atoms. The Balaban J connectivity index is 1.69. The molecule has 178 valence electrons. The van der Waals surface area contributed by atoms with E-state index < -0.39 is 5.54 Å². The van der Waals surface area contributed by atoms with E-state index in [0.29, 0.717) is 25.3 Å². The minimum Gasteiger partial charge on any atom is -0.466 e. The zero-order valence-corrected chi connectivity index (χ0v) is 20.4. The van der Waals surface area contributed by atoms with Crippen LogP contribution >= 0.6 is 11.8 Å². The molecule has 34 heavy (non-hydrogen) atoms. The Labute approximate surface area is 206 Å². The van der Waals surface area contributed by atoms with Gasteiger partial charge < -0.3 is 10.1 Å². The van der Waals surface area contributed by atoms with Crippen molar-refractivity contribution < 1.29 is 14.3 Å². The Morgan fingerprint density at radius 1 is 0.794 bits per heavy atom. The molecule has 0 saturated heterocycles. The first-order valence-electron chi connectivity index (χ1n) is 11.6. The minimum atomic E-state index is -0.671. The fourth-order valence-electron chi connectivity index (χ4n) is 3.90. The molecule has 0 aliphatic rings. The zero-order valence-electron chi connectivity index (χ0n) is 19.5. The summed E-state index contributed by atoms with van der Waals surface area (Å²) in [5.41, 5.74) is 2.52. The maximum absolute atomic E-state index is 12.8. The number of ether oxygens (including phenoxy) is 1. The number of benzene rings is 3. The Morgan fingerprint density at radius 2 is 1.29 bits per heavy atom. The Bertz CT molecular complexity index is 917. The first kappa shape index (κ1) is 25.5. The van der Waals surface area contributed by atoms with E-state index in [9.17, 15) is 9.59 Å². The predicted molar refractivity (Wildman–Crippen MR) is 139 cm³/mol. The quantitative estimate of drug-likeness (QED) is 0.218. The van der Waals surface area contributed by atoms with Crippen LogP contribution in [0.25, 0.3) is 0 Å². The van der Waals surface area contributed by atoms with Gasteiger partial charge in [-0.05, 0) is 23.6 Å². The molecule has 0 radical (unpaired) electrons. The molecular formula is C28H32N2O3S. The SMILES string of the molecule is CCOC(=O)CCSCCNC(=O)CNC(c1ccccc1)(c1ccccc1)c1ccccc1. The summed E-state index contributed by atoms with van der Waals surface area (Å²) < 4.78 is 4.93. The predicted octanol–water partition coefficient (Wildman–Crippen LogP) is 4.37. The van der Waals surface area contributed by atoms with Crippen LogP contribution in [0.4, 0.5) is 0 Å². The second-order valence-electron chi connectivity index (χ2n) is 7.72. The van der Waals surface area contributed by atoms with Crippen molar-refractivity contribution in [3.63, 3.8) is 0 Å². The molecule has 0 fully saturated rings. The lowest BCUT2D eigenvalue weighted by atomic mass is 9.77. The van der Waals surface area contributed by atoms with Crippen LogP contribution in [0, 0.1) is 0 Å². The lowest BCUT2D eigenvalue weighted by Crippen LogP contribution is -2.49. The van der Waals surface area contributed by atoms with Gasteiger partial charge in [-0.15, -0.1) is 0 Å². The maximum Gasteiger partial charge on any atom is 0.306 e. The summed E-state index contributed by atoms with van der Waals surface area (Å²) in [5, 5.41) is 6.57. The topological polar surface area (TPSA) is 67.4 Å². The number of carbonyl (C=O) groups excluding carboxylic acids is 2. The van der Waals surface area contributed by atoms with Crippen LogP contribution < -0.4 is 10.6 Å². The van der Waals surface area contributed by atoms with Gasteiger partial charge in [0, 0.05) is 18.1 Å². The molecule has 3 rings (SSSR count). The molecule has 3 aromatic carbocycles.